The lowest BCUT2D eigenvalue weighted by atomic mass is 10.4. The molecule has 21 heavy (non-hydrogen) atoms. The van der Waals surface area contributed by atoms with E-state index >= 15 is 0 Å². The normalized spacial score (nSPS) is 11.1. The van der Waals surface area contributed by atoms with Crippen molar-refractivity contribution < 1.29 is 9.90 Å². The summed E-state index contributed by atoms with van der Waals surface area (Å²) in [7, 11) is 0. The van der Waals surface area contributed by atoms with Gasteiger partial charge < -0.3 is 5.11 Å². The molecule has 9 heteroatoms. The average molecular weight is 385 g/mol. The van der Waals surface area contributed by atoms with Crippen LogP contribution in [-0.4, -0.2) is 36.3 Å². The quantitative estimate of drug-likeness (QED) is 0.681. The number of halogens is 1. The number of carbonyl (C=O) groups is 1. The van der Waals surface area contributed by atoms with E-state index in [1.54, 1.807) is 29.2 Å². The average Bonchev–Trinajstić information content (AvgIpc) is 3.05. The number of carboxylic acid groups (broad SMARTS) is 1. The molecule has 3 aromatic heterocycles. The van der Waals surface area contributed by atoms with Crippen molar-refractivity contribution in [2.24, 2.45) is 0 Å². The SMILES string of the molecule is O=C(O)CSc1nc2cc(Br)cnc2n1Cc1cncs1. The lowest BCUT2D eigenvalue weighted by molar-refractivity contribution is -0.133. The van der Waals surface area contributed by atoms with E-state index in [9.17, 15) is 4.79 Å². The van der Waals surface area contributed by atoms with Crippen molar-refractivity contribution in [2.45, 2.75) is 11.7 Å². The summed E-state index contributed by atoms with van der Waals surface area (Å²) in [6.45, 7) is 0.581. The van der Waals surface area contributed by atoms with Crippen molar-refractivity contribution in [3.8, 4) is 0 Å². The van der Waals surface area contributed by atoms with Gasteiger partial charge in [-0.15, -0.1) is 11.3 Å². The van der Waals surface area contributed by atoms with Crippen LogP contribution in [0.15, 0.2) is 33.6 Å². The number of imidazole rings is 1. The highest BCUT2D eigenvalue weighted by molar-refractivity contribution is 9.10. The van der Waals surface area contributed by atoms with E-state index in [4.69, 9.17) is 5.11 Å². The number of thiazole rings is 1. The lowest BCUT2D eigenvalue weighted by Crippen LogP contribution is -2.04. The summed E-state index contributed by atoms with van der Waals surface area (Å²) in [5, 5.41) is 9.50. The molecule has 3 aromatic rings. The molecular weight excluding hydrogens is 376 g/mol. The summed E-state index contributed by atoms with van der Waals surface area (Å²) in [5.41, 5.74) is 3.24. The highest BCUT2D eigenvalue weighted by Crippen LogP contribution is 2.26. The summed E-state index contributed by atoms with van der Waals surface area (Å²) >= 11 is 6.10. The number of carboxylic acids is 1. The molecule has 0 aliphatic carbocycles. The molecule has 0 radical (unpaired) electrons. The molecule has 0 aliphatic rings. The molecule has 108 valence electrons. The van der Waals surface area contributed by atoms with Gasteiger partial charge >= 0.3 is 5.97 Å². The number of nitrogens with zero attached hydrogens (tertiary/aromatic N) is 4. The van der Waals surface area contributed by atoms with Gasteiger partial charge in [0.25, 0.3) is 0 Å². The van der Waals surface area contributed by atoms with Crippen LogP contribution in [0.1, 0.15) is 4.88 Å². The van der Waals surface area contributed by atoms with Crippen LogP contribution >= 0.6 is 39.0 Å². The number of hydrogen-bond donors (Lipinski definition) is 1. The van der Waals surface area contributed by atoms with Crippen molar-refractivity contribution in [2.75, 3.05) is 5.75 Å². The van der Waals surface area contributed by atoms with Gasteiger partial charge in [0.2, 0.25) is 0 Å². The first-order chi connectivity index (χ1) is 10.1. The van der Waals surface area contributed by atoms with Crippen LogP contribution in [0, 0.1) is 0 Å². The number of thioether (sulfide) groups is 1. The van der Waals surface area contributed by atoms with Gasteiger partial charge in [-0.3, -0.25) is 14.3 Å². The van der Waals surface area contributed by atoms with Crippen molar-refractivity contribution in [1.82, 2.24) is 19.5 Å². The molecule has 0 aliphatic heterocycles. The van der Waals surface area contributed by atoms with Gasteiger partial charge in [-0.25, -0.2) is 9.97 Å². The fourth-order valence-corrected chi connectivity index (χ4v) is 3.44. The molecule has 0 amide bonds. The maximum atomic E-state index is 10.8. The maximum Gasteiger partial charge on any atom is 0.313 e. The molecule has 0 saturated heterocycles. The van der Waals surface area contributed by atoms with E-state index in [0.29, 0.717) is 11.7 Å². The van der Waals surface area contributed by atoms with Gasteiger partial charge in [0.1, 0.15) is 5.52 Å². The Kier molecular flexibility index (Phi) is 4.22. The minimum Gasteiger partial charge on any atom is -0.481 e. The number of rotatable bonds is 5. The smallest absolute Gasteiger partial charge is 0.313 e. The largest absolute Gasteiger partial charge is 0.481 e. The standard InChI is InChI=1S/C12H9BrN4O2S2/c13-7-1-9-11(15-2-7)17(4-8-3-14-6-21-8)12(16-9)20-5-10(18)19/h1-3,6H,4-5H2,(H,18,19). The number of aliphatic carboxylic acids is 1. The molecule has 0 unspecified atom stereocenters. The van der Waals surface area contributed by atoms with Crippen LogP contribution in [0.4, 0.5) is 0 Å². The first kappa shape index (κ1) is 14.5. The molecule has 3 rings (SSSR count). The minimum atomic E-state index is -0.870. The fourth-order valence-electron chi connectivity index (χ4n) is 1.82. The van der Waals surface area contributed by atoms with E-state index in [1.165, 1.54) is 11.8 Å². The number of fused-ring (bicyclic) bond motifs is 1. The minimum absolute atomic E-state index is 0.0345. The Bertz CT molecular complexity index is 788. The van der Waals surface area contributed by atoms with E-state index in [1.807, 2.05) is 10.6 Å². The predicted octanol–water partition coefficient (Wildman–Crippen LogP) is 2.88. The third kappa shape index (κ3) is 3.25. The lowest BCUT2D eigenvalue weighted by Gasteiger charge is -2.05. The Morgan fingerprint density at radius 1 is 1.48 bits per heavy atom. The second kappa shape index (κ2) is 6.12. The molecule has 0 spiro atoms. The monoisotopic (exact) mass is 384 g/mol. The molecular formula is C12H9BrN4O2S2. The third-order valence-electron chi connectivity index (χ3n) is 2.64. The van der Waals surface area contributed by atoms with Crippen LogP contribution < -0.4 is 0 Å². The molecule has 1 N–H and O–H groups in total. The first-order valence-corrected chi connectivity index (χ1v) is 8.53. The fraction of sp³-hybridized carbons (Fsp3) is 0.167. The molecule has 3 heterocycles. The summed E-state index contributed by atoms with van der Waals surface area (Å²) in [4.78, 5) is 24.8. The molecule has 0 aromatic carbocycles. The zero-order chi connectivity index (χ0) is 14.8. The molecule has 0 fully saturated rings. The second-order valence-corrected chi connectivity index (χ2v) is 6.96. The zero-order valence-corrected chi connectivity index (χ0v) is 13.8. The van der Waals surface area contributed by atoms with E-state index < -0.39 is 5.97 Å². The molecule has 0 saturated carbocycles. The summed E-state index contributed by atoms with van der Waals surface area (Å²) in [6, 6.07) is 1.87. The zero-order valence-electron chi connectivity index (χ0n) is 10.6. The van der Waals surface area contributed by atoms with Crippen molar-refractivity contribution in [1.29, 1.82) is 0 Å². The first-order valence-electron chi connectivity index (χ1n) is 5.87. The second-order valence-electron chi connectivity index (χ2n) is 4.13. The number of pyridine rings is 1. The highest BCUT2D eigenvalue weighted by atomic mass is 79.9. The van der Waals surface area contributed by atoms with Crippen LogP contribution in [-0.2, 0) is 11.3 Å². The van der Waals surface area contributed by atoms with E-state index in [0.717, 1.165) is 20.5 Å². The highest BCUT2D eigenvalue weighted by Gasteiger charge is 2.15. The number of hydrogen-bond acceptors (Lipinski definition) is 6. The summed E-state index contributed by atoms with van der Waals surface area (Å²) < 4.78 is 2.76. The molecule has 0 atom stereocenters. The van der Waals surface area contributed by atoms with Crippen molar-refractivity contribution >= 4 is 56.2 Å². The Balaban J connectivity index is 2.03. The molecule has 6 nitrogen and oxygen atoms in total. The third-order valence-corrected chi connectivity index (χ3v) is 4.80. The maximum absolute atomic E-state index is 10.8. The Morgan fingerprint density at radius 2 is 2.33 bits per heavy atom. The van der Waals surface area contributed by atoms with E-state index in [-0.39, 0.29) is 5.75 Å². The van der Waals surface area contributed by atoms with Crippen molar-refractivity contribution in [3.63, 3.8) is 0 Å². The Labute approximate surface area is 136 Å². The van der Waals surface area contributed by atoms with Gasteiger partial charge in [-0.2, -0.15) is 0 Å². The van der Waals surface area contributed by atoms with Gasteiger partial charge in [0.15, 0.2) is 10.8 Å². The van der Waals surface area contributed by atoms with Gasteiger partial charge in [0.05, 0.1) is 17.8 Å². The summed E-state index contributed by atoms with van der Waals surface area (Å²) in [6.07, 6.45) is 3.50. The van der Waals surface area contributed by atoms with Crippen molar-refractivity contribution in [3.05, 3.63) is 33.3 Å². The number of aromatic nitrogens is 4. The van der Waals surface area contributed by atoms with Crippen LogP contribution in [0.3, 0.4) is 0 Å². The van der Waals surface area contributed by atoms with Crippen LogP contribution in [0.2, 0.25) is 0 Å². The van der Waals surface area contributed by atoms with Crippen LogP contribution in [0.25, 0.3) is 11.2 Å². The predicted molar refractivity (Wildman–Crippen MR) is 84.8 cm³/mol. The Hall–Kier alpha value is -1.45. The van der Waals surface area contributed by atoms with Crippen LogP contribution in [0.5, 0.6) is 0 Å². The van der Waals surface area contributed by atoms with E-state index in [2.05, 4.69) is 30.9 Å². The van der Waals surface area contributed by atoms with Gasteiger partial charge in [0, 0.05) is 21.7 Å². The molecule has 0 bridgehead atoms. The Morgan fingerprint density at radius 3 is 3.05 bits per heavy atom. The van der Waals surface area contributed by atoms with Gasteiger partial charge in [-0.05, 0) is 22.0 Å². The summed E-state index contributed by atoms with van der Waals surface area (Å²) in [5.74, 6) is -0.904. The van der Waals surface area contributed by atoms with Gasteiger partial charge in [-0.1, -0.05) is 11.8 Å². The topological polar surface area (TPSA) is 80.9 Å².